The summed E-state index contributed by atoms with van der Waals surface area (Å²) in [6, 6.07) is 1.91. The average Bonchev–Trinajstić information content (AvgIpc) is 3.08. The summed E-state index contributed by atoms with van der Waals surface area (Å²) in [6.45, 7) is 4.94. The number of hydrogen-bond acceptors (Lipinski definition) is 5. The zero-order chi connectivity index (χ0) is 12.4. The van der Waals surface area contributed by atoms with Gasteiger partial charge in [-0.2, -0.15) is 10.1 Å². The van der Waals surface area contributed by atoms with Gasteiger partial charge in [-0.05, 0) is 38.9 Å². The highest BCUT2D eigenvalue weighted by atomic mass is 16.5. The lowest BCUT2D eigenvalue weighted by Crippen LogP contribution is -2.27. The van der Waals surface area contributed by atoms with E-state index in [4.69, 9.17) is 4.52 Å². The Morgan fingerprint density at radius 3 is 3.00 bits per heavy atom. The molecule has 1 saturated heterocycles. The van der Waals surface area contributed by atoms with E-state index in [0.717, 1.165) is 44.0 Å². The van der Waals surface area contributed by atoms with E-state index in [2.05, 4.69) is 20.6 Å². The number of nitrogens with one attached hydrogen (secondary N) is 1. The van der Waals surface area contributed by atoms with Crippen LogP contribution in [0.3, 0.4) is 0 Å². The third-order valence-electron chi connectivity index (χ3n) is 3.33. The first kappa shape index (κ1) is 11.4. The Hall–Kier alpha value is -1.69. The number of aryl methyl sites for hydroxylation is 1. The van der Waals surface area contributed by atoms with Crippen molar-refractivity contribution in [1.29, 1.82) is 0 Å². The molecule has 0 atom stereocenters. The summed E-state index contributed by atoms with van der Waals surface area (Å²) in [7, 11) is 0. The quantitative estimate of drug-likeness (QED) is 0.888. The minimum absolute atomic E-state index is 0.414. The van der Waals surface area contributed by atoms with Crippen molar-refractivity contribution in [2.24, 2.45) is 0 Å². The molecule has 3 heterocycles. The molecule has 1 N–H and O–H groups in total. The molecule has 3 rings (SSSR count). The molecule has 1 aliphatic heterocycles. The van der Waals surface area contributed by atoms with Crippen LogP contribution in [0.1, 0.15) is 31.5 Å². The third-order valence-corrected chi connectivity index (χ3v) is 3.33. The van der Waals surface area contributed by atoms with Crippen LogP contribution in [-0.2, 0) is 6.54 Å². The van der Waals surface area contributed by atoms with Gasteiger partial charge in [0.05, 0.1) is 0 Å². The van der Waals surface area contributed by atoms with E-state index in [0.29, 0.717) is 11.8 Å². The molecule has 0 amide bonds. The SMILES string of the molecule is CCn1ccc(-c2nc(C3CCNCC3)no2)n1. The Labute approximate surface area is 105 Å². The molecular weight excluding hydrogens is 230 g/mol. The molecule has 6 heteroatoms. The minimum Gasteiger partial charge on any atom is -0.332 e. The van der Waals surface area contributed by atoms with Gasteiger partial charge in [0.2, 0.25) is 0 Å². The van der Waals surface area contributed by atoms with Crippen LogP contribution in [0.4, 0.5) is 0 Å². The molecule has 1 aliphatic rings. The first-order valence-electron chi connectivity index (χ1n) is 6.45. The fourth-order valence-electron chi connectivity index (χ4n) is 2.24. The molecule has 2 aromatic rings. The summed E-state index contributed by atoms with van der Waals surface area (Å²) in [4.78, 5) is 4.47. The first-order chi connectivity index (χ1) is 8.86. The molecule has 0 radical (unpaired) electrons. The van der Waals surface area contributed by atoms with Gasteiger partial charge in [-0.15, -0.1) is 0 Å². The Kier molecular flexibility index (Phi) is 3.10. The van der Waals surface area contributed by atoms with Crippen LogP contribution in [0, 0.1) is 0 Å². The molecule has 0 aliphatic carbocycles. The van der Waals surface area contributed by atoms with Crippen LogP contribution in [0.5, 0.6) is 0 Å². The number of hydrogen-bond donors (Lipinski definition) is 1. The van der Waals surface area contributed by atoms with Crippen molar-refractivity contribution in [2.45, 2.75) is 32.2 Å². The van der Waals surface area contributed by atoms with E-state index < -0.39 is 0 Å². The summed E-state index contributed by atoms with van der Waals surface area (Å²) in [5, 5.41) is 11.8. The molecule has 18 heavy (non-hydrogen) atoms. The van der Waals surface area contributed by atoms with E-state index in [1.807, 2.05) is 23.9 Å². The van der Waals surface area contributed by atoms with Gasteiger partial charge in [0.25, 0.3) is 5.89 Å². The molecule has 0 aromatic carbocycles. The third kappa shape index (κ3) is 2.15. The van der Waals surface area contributed by atoms with Crippen molar-refractivity contribution in [1.82, 2.24) is 25.2 Å². The van der Waals surface area contributed by atoms with E-state index in [-0.39, 0.29) is 0 Å². The predicted molar refractivity (Wildman–Crippen MR) is 66.0 cm³/mol. The van der Waals surface area contributed by atoms with Gasteiger partial charge in [0.15, 0.2) is 11.5 Å². The zero-order valence-corrected chi connectivity index (χ0v) is 10.5. The first-order valence-corrected chi connectivity index (χ1v) is 6.45. The number of aromatic nitrogens is 4. The highest BCUT2D eigenvalue weighted by Crippen LogP contribution is 2.24. The van der Waals surface area contributed by atoms with Crippen molar-refractivity contribution in [3.8, 4) is 11.6 Å². The van der Waals surface area contributed by atoms with Gasteiger partial charge in [-0.1, -0.05) is 5.16 Å². The normalized spacial score (nSPS) is 17.2. The van der Waals surface area contributed by atoms with E-state index in [1.165, 1.54) is 0 Å². The highest BCUT2D eigenvalue weighted by molar-refractivity contribution is 5.45. The average molecular weight is 247 g/mol. The van der Waals surface area contributed by atoms with Crippen LogP contribution in [-0.4, -0.2) is 33.0 Å². The fourth-order valence-corrected chi connectivity index (χ4v) is 2.24. The summed E-state index contributed by atoms with van der Waals surface area (Å²) in [6.07, 6.45) is 4.06. The van der Waals surface area contributed by atoms with Crippen LogP contribution in [0.15, 0.2) is 16.8 Å². The molecular formula is C12H17N5O. The highest BCUT2D eigenvalue weighted by Gasteiger charge is 2.21. The Balaban J connectivity index is 1.79. The lowest BCUT2D eigenvalue weighted by atomic mass is 9.98. The number of piperidine rings is 1. The van der Waals surface area contributed by atoms with Crippen LogP contribution >= 0.6 is 0 Å². The van der Waals surface area contributed by atoms with Crippen molar-refractivity contribution in [2.75, 3.05) is 13.1 Å². The molecule has 0 bridgehead atoms. The van der Waals surface area contributed by atoms with Gasteiger partial charge < -0.3 is 9.84 Å². The van der Waals surface area contributed by atoms with Crippen molar-refractivity contribution >= 4 is 0 Å². The van der Waals surface area contributed by atoms with Crippen LogP contribution in [0.25, 0.3) is 11.6 Å². The second-order valence-corrected chi connectivity index (χ2v) is 4.54. The standard InChI is InChI=1S/C12H17N5O/c1-2-17-8-5-10(15-17)12-14-11(16-18-12)9-3-6-13-7-4-9/h5,8-9,13H,2-4,6-7H2,1H3. The monoisotopic (exact) mass is 247 g/mol. The summed E-state index contributed by atoms with van der Waals surface area (Å²) in [5.41, 5.74) is 0.754. The molecule has 1 fully saturated rings. The summed E-state index contributed by atoms with van der Waals surface area (Å²) < 4.78 is 7.16. The molecule has 6 nitrogen and oxygen atoms in total. The van der Waals surface area contributed by atoms with Gasteiger partial charge in [-0.3, -0.25) is 4.68 Å². The maximum Gasteiger partial charge on any atom is 0.278 e. The Morgan fingerprint density at radius 1 is 1.44 bits per heavy atom. The van der Waals surface area contributed by atoms with Crippen molar-refractivity contribution in [3.05, 3.63) is 18.1 Å². The predicted octanol–water partition coefficient (Wildman–Crippen LogP) is 1.42. The number of nitrogens with zero attached hydrogens (tertiary/aromatic N) is 4. The lowest BCUT2D eigenvalue weighted by Gasteiger charge is -2.18. The maximum absolute atomic E-state index is 5.30. The largest absolute Gasteiger partial charge is 0.332 e. The second kappa shape index (κ2) is 4.89. The Morgan fingerprint density at radius 2 is 2.28 bits per heavy atom. The smallest absolute Gasteiger partial charge is 0.278 e. The molecule has 0 spiro atoms. The van der Waals surface area contributed by atoms with E-state index >= 15 is 0 Å². The van der Waals surface area contributed by atoms with Gasteiger partial charge in [0.1, 0.15) is 0 Å². The fraction of sp³-hybridized carbons (Fsp3) is 0.583. The van der Waals surface area contributed by atoms with Crippen LogP contribution in [0.2, 0.25) is 0 Å². The topological polar surface area (TPSA) is 68.8 Å². The van der Waals surface area contributed by atoms with Gasteiger partial charge in [0, 0.05) is 18.7 Å². The lowest BCUT2D eigenvalue weighted by molar-refractivity contribution is 0.391. The second-order valence-electron chi connectivity index (χ2n) is 4.54. The van der Waals surface area contributed by atoms with Crippen molar-refractivity contribution < 1.29 is 4.52 Å². The van der Waals surface area contributed by atoms with E-state index in [1.54, 1.807) is 0 Å². The van der Waals surface area contributed by atoms with Crippen LogP contribution < -0.4 is 5.32 Å². The van der Waals surface area contributed by atoms with Gasteiger partial charge in [-0.25, -0.2) is 0 Å². The summed E-state index contributed by atoms with van der Waals surface area (Å²) in [5.74, 6) is 1.75. The Bertz CT molecular complexity index is 512. The van der Waals surface area contributed by atoms with Gasteiger partial charge >= 0.3 is 0 Å². The zero-order valence-electron chi connectivity index (χ0n) is 10.5. The molecule has 96 valence electrons. The molecule has 2 aromatic heterocycles. The van der Waals surface area contributed by atoms with E-state index in [9.17, 15) is 0 Å². The molecule has 0 unspecified atom stereocenters. The number of rotatable bonds is 3. The van der Waals surface area contributed by atoms with Crippen molar-refractivity contribution in [3.63, 3.8) is 0 Å². The minimum atomic E-state index is 0.414. The maximum atomic E-state index is 5.30. The summed E-state index contributed by atoms with van der Waals surface area (Å²) >= 11 is 0. The molecule has 0 saturated carbocycles.